The fraction of sp³-hybridized carbons (Fsp3) is 0.200. The van der Waals surface area contributed by atoms with Crippen molar-refractivity contribution in [2.45, 2.75) is 13.0 Å². The van der Waals surface area contributed by atoms with Crippen LogP contribution in [0.25, 0.3) is 10.9 Å². The van der Waals surface area contributed by atoms with Gasteiger partial charge in [-0.25, -0.2) is 13.2 Å². The second kappa shape index (κ2) is 3.27. The number of rotatable bonds is 1. The molecule has 0 radical (unpaired) electrons. The molecule has 2 aromatic rings. The molecule has 1 atom stereocenters. The Morgan fingerprint density at radius 2 is 1.87 bits per heavy atom. The standard InChI is InChI=1S/C10H9F3N2/c1-4(14)8-2-5-9(13)6(11)3-7(12)10(5)15-8/h2-4,15H,14H2,1H3. The zero-order chi connectivity index (χ0) is 11.2. The fourth-order valence-corrected chi connectivity index (χ4v) is 1.46. The Kier molecular flexibility index (Phi) is 2.19. The highest BCUT2D eigenvalue weighted by Crippen LogP contribution is 2.25. The second-order valence-electron chi connectivity index (χ2n) is 3.46. The number of aromatic amines is 1. The maximum absolute atomic E-state index is 13.3. The van der Waals surface area contributed by atoms with E-state index in [-0.39, 0.29) is 16.9 Å². The molecular formula is C10H9F3N2. The molecule has 1 unspecified atom stereocenters. The van der Waals surface area contributed by atoms with Crippen molar-refractivity contribution in [1.82, 2.24) is 4.98 Å². The van der Waals surface area contributed by atoms with Gasteiger partial charge in [-0.15, -0.1) is 0 Å². The fourth-order valence-electron chi connectivity index (χ4n) is 1.46. The zero-order valence-electron chi connectivity index (χ0n) is 7.94. The lowest BCUT2D eigenvalue weighted by Gasteiger charge is -1.98. The van der Waals surface area contributed by atoms with Gasteiger partial charge in [0, 0.05) is 23.2 Å². The van der Waals surface area contributed by atoms with E-state index in [0.29, 0.717) is 11.8 Å². The van der Waals surface area contributed by atoms with Gasteiger partial charge >= 0.3 is 0 Å². The number of aromatic nitrogens is 1. The van der Waals surface area contributed by atoms with Crippen molar-refractivity contribution in [3.8, 4) is 0 Å². The van der Waals surface area contributed by atoms with Crippen molar-refractivity contribution in [2.24, 2.45) is 5.73 Å². The molecule has 0 saturated heterocycles. The predicted octanol–water partition coefficient (Wildman–Crippen LogP) is 2.60. The van der Waals surface area contributed by atoms with Gasteiger partial charge in [0.2, 0.25) is 0 Å². The summed E-state index contributed by atoms with van der Waals surface area (Å²) in [5.74, 6) is -3.08. The quantitative estimate of drug-likeness (QED) is 0.704. The van der Waals surface area contributed by atoms with E-state index in [0.717, 1.165) is 0 Å². The van der Waals surface area contributed by atoms with E-state index < -0.39 is 17.5 Å². The molecule has 2 rings (SSSR count). The van der Waals surface area contributed by atoms with Crippen LogP contribution in [-0.4, -0.2) is 4.98 Å². The summed E-state index contributed by atoms with van der Waals surface area (Å²) >= 11 is 0. The van der Waals surface area contributed by atoms with E-state index >= 15 is 0 Å². The van der Waals surface area contributed by atoms with Crippen molar-refractivity contribution >= 4 is 10.9 Å². The predicted molar refractivity (Wildman–Crippen MR) is 50.8 cm³/mol. The number of nitrogens with two attached hydrogens (primary N) is 1. The lowest BCUT2D eigenvalue weighted by molar-refractivity contribution is 0.505. The second-order valence-corrected chi connectivity index (χ2v) is 3.46. The third kappa shape index (κ3) is 1.48. The highest BCUT2D eigenvalue weighted by Gasteiger charge is 2.15. The van der Waals surface area contributed by atoms with Crippen LogP contribution >= 0.6 is 0 Å². The smallest absolute Gasteiger partial charge is 0.168 e. The van der Waals surface area contributed by atoms with Gasteiger partial charge in [-0.2, -0.15) is 0 Å². The Morgan fingerprint density at radius 3 is 2.47 bits per heavy atom. The third-order valence-electron chi connectivity index (χ3n) is 2.27. The van der Waals surface area contributed by atoms with Gasteiger partial charge in [0.05, 0.1) is 5.52 Å². The Morgan fingerprint density at radius 1 is 1.20 bits per heavy atom. The van der Waals surface area contributed by atoms with Gasteiger partial charge in [-0.05, 0) is 13.0 Å². The van der Waals surface area contributed by atoms with Crippen LogP contribution in [0, 0.1) is 17.5 Å². The molecule has 3 N–H and O–H groups in total. The molecule has 0 bridgehead atoms. The van der Waals surface area contributed by atoms with Gasteiger partial charge in [-0.1, -0.05) is 0 Å². The van der Waals surface area contributed by atoms with E-state index in [2.05, 4.69) is 4.98 Å². The van der Waals surface area contributed by atoms with E-state index in [1.165, 1.54) is 6.07 Å². The van der Waals surface area contributed by atoms with Crippen LogP contribution in [0.2, 0.25) is 0 Å². The molecule has 5 heteroatoms. The highest BCUT2D eigenvalue weighted by atomic mass is 19.2. The SMILES string of the molecule is CC(N)c1cc2c(F)c(F)cc(F)c2[nH]1. The van der Waals surface area contributed by atoms with E-state index in [9.17, 15) is 13.2 Å². The topological polar surface area (TPSA) is 41.8 Å². The molecule has 0 aliphatic carbocycles. The molecule has 2 nitrogen and oxygen atoms in total. The number of halogens is 3. The van der Waals surface area contributed by atoms with E-state index in [1.54, 1.807) is 6.92 Å². The molecule has 0 aliphatic rings. The summed E-state index contributed by atoms with van der Waals surface area (Å²) in [6, 6.07) is 1.44. The minimum absolute atomic E-state index is 0.0544. The minimum Gasteiger partial charge on any atom is -0.355 e. The molecule has 1 aromatic carbocycles. The lowest BCUT2D eigenvalue weighted by atomic mass is 10.2. The van der Waals surface area contributed by atoms with Crippen LogP contribution < -0.4 is 5.73 Å². The summed E-state index contributed by atoms with van der Waals surface area (Å²) in [5, 5.41) is -0.111. The maximum Gasteiger partial charge on any atom is 0.168 e. The molecular weight excluding hydrogens is 205 g/mol. The number of nitrogens with one attached hydrogen (secondary N) is 1. The first-order valence-electron chi connectivity index (χ1n) is 4.42. The first kappa shape index (κ1) is 10.0. The third-order valence-corrected chi connectivity index (χ3v) is 2.27. The Bertz CT molecular complexity index is 517. The summed E-state index contributed by atoms with van der Waals surface area (Å²) in [6.45, 7) is 1.66. The maximum atomic E-state index is 13.3. The first-order valence-corrected chi connectivity index (χ1v) is 4.42. The largest absolute Gasteiger partial charge is 0.355 e. The average Bonchev–Trinajstić information content (AvgIpc) is 2.59. The van der Waals surface area contributed by atoms with Gasteiger partial charge in [0.25, 0.3) is 0 Å². The molecule has 15 heavy (non-hydrogen) atoms. The summed E-state index contributed by atoms with van der Waals surface area (Å²) in [4.78, 5) is 2.62. The van der Waals surface area contributed by atoms with Crippen molar-refractivity contribution in [2.75, 3.05) is 0 Å². The number of benzene rings is 1. The molecule has 0 aliphatic heterocycles. The van der Waals surface area contributed by atoms with Crippen molar-refractivity contribution in [3.05, 3.63) is 35.3 Å². The Balaban J connectivity index is 2.80. The summed E-state index contributed by atoms with van der Waals surface area (Å²) in [5.41, 5.74) is 5.96. The average molecular weight is 214 g/mol. The zero-order valence-corrected chi connectivity index (χ0v) is 7.94. The van der Waals surface area contributed by atoms with Crippen molar-refractivity contribution < 1.29 is 13.2 Å². The molecule has 0 saturated carbocycles. The summed E-state index contributed by atoms with van der Waals surface area (Å²) in [7, 11) is 0. The molecule has 1 heterocycles. The molecule has 0 spiro atoms. The van der Waals surface area contributed by atoms with Crippen molar-refractivity contribution in [3.63, 3.8) is 0 Å². The first-order chi connectivity index (χ1) is 7.00. The molecule has 0 amide bonds. The number of hydrogen-bond acceptors (Lipinski definition) is 1. The Hall–Kier alpha value is -1.49. The lowest BCUT2D eigenvalue weighted by Crippen LogP contribution is -2.04. The number of H-pyrrole nitrogens is 1. The van der Waals surface area contributed by atoms with Gasteiger partial charge in [0.1, 0.15) is 5.82 Å². The molecule has 1 aromatic heterocycles. The van der Waals surface area contributed by atoms with Crippen LogP contribution in [0.1, 0.15) is 18.7 Å². The monoisotopic (exact) mass is 214 g/mol. The number of fused-ring (bicyclic) bond motifs is 1. The van der Waals surface area contributed by atoms with E-state index in [4.69, 9.17) is 5.73 Å². The van der Waals surface area contributed by atoms with Crippen LogP contribution in [0.4, 0.5) is 13.2 Å². The van der Waals surface area contributed by atoms with Crippen LogP contribution in [0.15, 0.2) is 12.1 Å². The normalized spacial score (nSPS) is 13.4. The minimum atomic E-state index is -1.20. The number of hydrogen-bond donors (Lipinski definition) is 2. The molecule has 80 valence electrons. The van der Waals surface area contributed by atoms with Crippen LogP contribution in [0.3, 0.4) is 0 Å². The van der Waals surface area contributed by atoms with Crippen molar-refractivity contribution in [1.29, 1.82) is 0 Å². The molecule has 0 fully saturated rings. The van der Waals surface area contributed by atoms with Crippen LogP contribution in [-0.2, 0) is 0 Å². The summed E-state index contributed by atoms with van der Waals surface area (Å²) < 4.78 is 39.3. The highest BCUT2D eigenvalue weighted by molar-refractivity contribution is 5.82. The van der Waals surface area contributed by atoms with Gasteiger partial charge in [0.15, 0.2) is 11.6 Å². The Labute approximate surface area is 83.9 Å². The van der Waals surface area contributed by atoms with Crippen LogP contribution in [0.5, 0.6) is 0 Å². The van der Waals surface area contributed by atoms with Gasteiger partial charge in [-0.3, -0.25) is 0 Å². The summed E-state index contributed by atoms with van der Waals surface area (Å²) in [6.07, 6.45) is 0. The van der Waals surface area contributed by atoms with Gasteiger partial charge < -0.3 is 10.7 Å². The van der Waals surface area contributed by atoms with E-state index in [1.807, 2.05) is 0 Å².